The van der Waals surface area contributed by atoms with Crippen molar-refractivity contribution < 1.29 is 5.11 Å². The van der Waals surface area contributed by atoms with Gasteiger partial charge in [0.2, 0.25) is 0 Å². The third kappa shape index (κ3) is 3.20. The summed E-state index contributed by atoms with van der Waals surface area (Å²) in [6.45, 7) is 3.99. The minimum atomic E-state index is 0.0451. The lowest BCUT2D eigenvalue weighted by Gasteiger charge is -2.34. The first-order valence-corrected chi connectivity index (χ1v) is 6.90. The van der Waals surface area contributed by atoms with Gasteiger partial charge in [-0.05, 0) is 17.7 Å². The van der Waals surface area contributed by atoms with Crippen LogP contribution in [0.1, 0.15) is 11.6 Å². The normalized spacial score (nSPS) is 19.2. The van der Waals surface area contributed by atoms with Crippen LogP contribution < -0.4 is 5.32 Å². The largest absolute Gasteiger partial charge is 0.394 e. The highest BCUT2D eigenvalue weighted by Crippen LogP contribution is 2.30. The maximum atomic E-state index is 9.61. The summed E-state index contributed by atoms with van der Waals surface area (Å²) >= 11 is 9.45. The Morgan fingerprint density at radius 1 is 1.41 bits per heavy atom. The molecule has 1 aromatic carbocycles. The lowest BCUT2D eigenvalue weighted by molar-refractivity contribution is 0.110. The van der Waals surface area contributed by atoms with Gasteiger partial charge in [-0.2, -0.15) is 0 Å². The summed E-state index contributed by atoms with van der Waals surface area (Å²) in [6.07, 6.45) is 0. The number of nitrogens with zero attached hydrogens (tertiary/aromatic N) is 1. The lowest BCUT2D eigenvalue weighted by atomic mass is 10.1. The quantitative estimate of drug-likeness (QED) is 0.895. The van der Waals surface area contributed by atoms with Crippen molar-refractivity contribution in [1.82, 2.24) is 10.2 Å². The predicted molar refractivity (Wildman–Crippen MR) is 73.4 cm³/mol. The molecule has 0 aliphatic carbocycles. The minimum absolute atomic E-state index is 0.0451. The van der Waals surface area contributed by atoms with Crippen molar-refractivity contribution in [3.63, 3.8) is 0 Å². The molecule has 1 aliphatic heterocycles. The zero-order chi connectivity index (χ0) is 12.3. The molecular weight excluding hydrogens is 304 g/mol. The van der Waals surface area contributed by atoms with E-state index in [1.165, 1.54) is 0 Å². The van der Waals surface area contributed by atoms with Crippen molar-refractivity contribution in [2.75, 3.05) is 32.8 Å². The van der Waals surface area contributed by atoms with Crippen LogP contribution in [0.25, 0.3) is 0 Å². The summed E-state index contributed by atoms with van der Waals surface area (Å²) in [5.41, 5.74) is 1.10. The third-order valence-electron chi connectivity index (χ3n) is 3.09. The molecule has 0 aromatic heterocycles. The number of benzene rings is 1. The van der Waals surface area contributed by atoms with Gasteiger partial charge >= 0.3 is 0 Å². The standard InChI is InChI=1S/C12H16BrClN2O/c13-11-7-9(14)1-2-10(11)12(8-17)16-5-3-15-4-6-16/h1-2,7,12,15,17H,3-6,8H2. The molecule has 2 N–H and O–H groups in total. The molecule has 1 fully saturated rings. The van der Waals surface area contributed by atoms with Gasteiger partial charge in [-0.25, -0.2) is 0 Å². The first-order valence-electron chi connectivity index (χ1n) is 5.73. The molecule has 0 spiro atoms. The summed E-state index contributed by atoms with van der Waals surface area (Å²) in [5, 5.41) is 13.6. The molecule has 1 atom stereocenters. The molecule has 2 rings (SSSR count). The fraction of sp³-hybridized carbons (Fsp3) is 0.500. The SMILES string of the molecule is OCC(c1ccc(Cl)cc1Br)N1CCNCC1. The fourth-order valence-corrected chi connectivity index (χ4v) is 3.12. The van der Waals surface area contributed by atoms with E-state index >= 15 is 0 Å². The zero-order valence-corrected chi connectivity index (χ0v) is 11.8. The molecule has 1 heterocycles. The van der Waals surface area contributed by atoms with E-state index in [9.17, 15) is 5.11 Å². The van der Waals surface area contributed by atoms with Gasteiger partial charge in [-0.15, -0.1) is 0 Å². The minimum Gasteiger partial charge on any atom is -0.394 e. The predicted octanol–water partition coefficient (Wildman–Crippen LogP) is 2.04. The van der Waals surface area contributed by atoms with Crippen LogP contribution >= 0.6 is 27.5 Å². The highest BCUT2D eigenvalue weighted by atomic mass is 79.9. The topological polar surface area (TPSA) is 35.5 Å². The van der Waals surface area contributed by atoms with Gasteiger partial charge in [0.25, 0.3) is 0 Å². The van der Waals surface area contributed by atoms with E-state index in [1.54, 1.807) is 0 Å². The number of hydrogen-bond acceptors (Lipinski definition) is 3. The van der Waals surface area contributed by atoms with E-state index in [0.29, 0.717) is 5.02 Å². The van der Waals surface area contributed by atoms with Crippen LogP contribution in [0.15, 0.2) is 22.7 Å². The van der Waals surface area contributed by atoms with Crippen molar-refractivity contribution >= 4 is 27.5 Å². The van der Waals surface area contributed by atoms with Crippen LogP contribution in [-0.4, -0.2) is 42.8 Å². The van der Waals surface area contributed by atoms with Gasteiger partial charge in [-0.3, -0.25) is 4.90 Å². The Labute approximate surface area is 115 Å². The number of hydrogen-bond donors (Lipinski definition) is 2. The maximum absolute atomic E-state index is 9.61. The van der Waals surface area contributed by atoms with Crippen LogP contribution in [0.4, 0.5) is 0 Å². The number of rotatable bonds is 3. The van der Waals surface area contributed by atoms with E-state index < -0.39 is 0 Å². The fourth-order valence-electron chi connectivity index (χ4n) is 2.18. The van der Waals surface area contributed by atoms with E-state index in [0.717, 1.165) is 36.2 Å². The second kappa shape index (κ2) is 6.16. The molecule has 94 valence electrons. The summed E-state index contributed by atoms with van der Waals surface area (Å²) in [4.78, 5) is 2.30. The number of nitrogens with one attached hydrogen (secondary N) is 1. The summed E-state index contributed by atoms with van der Waals surface area (Å²) in [5.74, 6) is 0. The molecule has 0 amide bonds. The zero-order valence-electron chi connectivity index (χ0n) is 9.50. The number of aliphatic hydroxyl groups excluding tert-OH is 1. The molecule has 0 saturated carbocycles. The molecule has 1 aromatic rings. The Morgan fingerprint density at radius 2 is 2.12 bits per heavy atom. The summed E-state index contributed by atoms with van der Waals surface area (Å²) in [6, 6.07) is 5.77. The van der Waals surface area contributed by atoms with Crippen LogP contribution in [0, 0.1) is 0 Å². The monoisotopic (exact) mass is 318 g/mol. The Hall–Kier alpha value is -0.130. The van der Waals surface area contributed by atoms with Crippen LogP contribution in [-0.2, 0) is 0 Å². The average molecular weight is 320 g/mol. The molecule has 3 nitrogen and oxygen atoms in total. The molecule has 1 unspecified atom stereocenters. The van der Waals surface area contributed by atoms with Gasteiger partial charge in [0, 0.05) is 35.7 Å². The van der Waals surface area contributed by atoms with Crippen molar-refractivity contribution in [3.8, 4) is 0 Å². The van der Waals surface area contributed by atoms with E-state index in [1.807, 2.05) is 18.2 Å². The van der Waals surface area contributed by atoms with Gasteiger partial charge in [0.15, 0.2) is 0 Å². The Morgan fingerprint density at radius 3 is 2.71 bits per heavy atom. The number of aliphatic hydroxyl groups is 1. The van der Waals surface area contributed by atoms with Gasteiger partial charge in [0.05, 0.1) is 12.6 Å². The molecule has 1 aliphatic rings. The van der Waals surface area contributed by atoms with E-state index in [4.69, 9.17) is 11.6 Å². The van der Waals surface area contributed by atoms with E-state index in [-0.39, 0.29) is 12.6 Å². The molecule has 0 radical (unpaired) electrons. The van der Waals surface area contributed by atoms with Crippen molar-refractivity contribution in [2.45, 2.75) is 6.04 Å². The maximum Gasteiger partial charge on any atom is 0.0629 e. The molecule has 17 heavy (non-hydrogen) atoms. The molecule has 0 bridgehead atoms. The second-order valence-corrected chi connectivity index (χ2v) is 5.44. The smallest absolute Gasteiger partial charge is 0.0629 e. The summed E-state index contributed by atoms with van der Waals surface area (Å²) < 4.78 is 0.961. The molecule has 1 saturated heterocycles. The van der Waals surface area contributed by atoms with Crippen molar-refractivity contribution in [3.05, 3.63) is 33.3 Å². The Bertz CT molecular complexity index is 383. The number of piperazine rings is 1. The first kappa shape index (κ1) is 13.3. The number of halogens is 2. The van der Waals surface area contributed by atoms with Crippen LogP contribution in [0.5, 0.6) is 0 Å². The van der Waals surface area contributed by atoms with Gasteiger partial charge in [-0.1, -0.05) is 33.6 Å². The lowest BCUT2D eigenvalue weighted by Crippen LogP contribution is -2.46. The van der Waals surface area contributed by atoms with Crippen molar-refractivity contribution in [1.29, 1.82) is 0 Å². The Kier molecular flexibility index (Phi) is 4.82. The second-order valence-electron chi connectivity index (χ2n) is 4.15. The molecular formula is C12H16BrClN2O. The summed E-state index contributed by atoms with van der Waals surface area (Å²) in [7, 11) is 0. The van der Waals surface area contributed by atoms with Crippen LogP contribution in [0.2, 0.25) is 5.02 Å². The average Bonchev–Trinajstić information content (AvgIpc) is 2.34. The van der Waals surface area contributed by atoms with Gasteiger partial charge < -0.3 is 10.4 Å². The Balaban J connectivity index is 2.21. The molecule has 5 heteroatoms. The van der Waals surface area contributed by atoms with E-state index in [2.05, 4.69) is 26.1 Å². The highest BCUT2D eigenvalue weighted by Gasteiger charge is 2.23. The van der Waals surface area contributed by atoms with Gasteiger partial charge in [0.1, 0.15) is 0 Å². The van der Waals surface area contributed by atoms with Crippen molar-refractivity contribution in [2.24, 2.45) is 0 Å². The third-order valence-corrected chi connectivity index (χ3v) is 4.01. The highest BCUT2D eigenvalue weighted by molar-refractivity contribution is 9.10. The van der Waals surface area contributed by atoms with Crippen LogP contribution in [0.3, 0.4) is 0 Å². The first-order chi connectivity index (χ1) is 8.22.